The number of carboxylic acid groups (broad SMARTS) is 1. The first-order chi connectivity index (χ1) is 13.5. The van der Waals surface area contributed by atoms with Crippen LogP contribution in [0.25, 0.3) is 0 Å². The maximum Gasteiger partial charge on any atom is 0.317 e. The number of nitrogens with one attached hydrogen (secondary N) is 2. The fraction of sp³-hybridized carbons (Fsp3) is 0.684. The third-order valence-electron chi connectivity index (χ3n) is 2.24. The summed E-state index contributed by atoms with van der Waals surface area (Å²) in [6.45, 7) is 3.05. The molecule has 2 amide bonds. The Hall–Kier alpha value is -2.86. The quantitative estimate of drug-likeness (QED) is 0.305. The van der Waals surface area contributed by atoms with Gasteiger partial charge in [0.05, 0.1) is 13.7 Å². The zero-order valence-corrected chi connectivity index (χ0v) is 18.1. The summed E-state index contributed by atoms with van der Waals surface area (Å²) in [5, 5.41) is 12.5. The number of ketones is 2. The topological polar surface area (TPSA) is 208 Å². The Morgan fingerprint density at radius 1 is 0.839 bits per heavy atom. The minimum atomic E-state index is -0.968. The van der Waals surface area contributed by atoms with Gasteiger partial charge in [-0.15, -0.1) is 0 Å². The third-order valence-corrected chi connectivity index (χ3v) is 2.24. The molecule has 0 atom stereocenters. The molecule has 0 unspecified atom stereocenters. The number of hydrogen-bond donors (Lipinski definition) is 5. The molecule has 0 bridgehead atoms. The molecule has 0 aromatic carbocycles. The molecule has 0 aliphatic rings. The number of carbonyl (C=O) groups is 6. The largest absolute Gasteiger partial charge is 0.480 e. The maximum atomic E-state index is 10.5. The highest BCUT2D eigenvalue weighted by molar-refractivity contribution is 5.83. The second-order valence-corrected chi connectivity index (χ2v) is 4.68. The van der Waals surface area contributed by atoms with Gasteiger partial charge >= 0.3 is 5.97 Å². The lowest BCUT2D eigenvalue weighted by Gasteiger charge is -1.93. The van der Waals surface area contributed by atoms with Crippen LogP contribution in [-0.4, -0.2) is 75.7 Å². The Bertz CT molecular complexity index is 428. The first-order valence-corrected chi connectivity index (χ1v) is 8.38. The molecule has 0 fully saturated rings. The Labute approximate surface area is 186 Å². The van der Waals surface area contributed by atoms with Crippen molar-refractivity contribution in [2.24, 2.45) is 11.5 Å². The summed E-state index contributed by atoms with van der Waals surface area (Å²) in [7, 11) is 5.93. The number of nitrogens with two attached hydrogens (primary N) is 2. The Balaban J connectivity index is -0.0000000493. The highest BCUT2D eigenvalue weighted by Gasteiger charge is 1.99. The SMILES string of the molecule is C.C.CN.CNC(=O)CCC(C)=O.CNC(=O)CCC(C)=O.COC=O.NCC(=O)O. The minimum absolute atomic E-state index is 0. The van der Waals surface area contributed by atoms with Gasteiger partial charge in [0, 0.05) is 39.8 Å². The normalized spacial score (nSPS) is 7.10. The molecular formula is C19H44N4O8. The molecule has 7 N–H and O–H groups in total. The maximum absolute atomic E-state index is 10.5. The van der Waals surface area contributed by atoms with Gasteiger partial charge in [-0.1, -0.05) is 14.9 Å². The summed E-state index contributed by atoms with van der Waals surface area (Å²) in [4.78, 5) is 59.7. The molecule has 0 spiro atoms. The lowest BCUT2D eigenvalue weighted by atomic mass is 10.2. The molecule has 31 heavy (non-hydrogen) atoms. The van der Waals surface area contributed by atoms with Gasteiger partial charge in [0.1, 0.15) is 11.6 Å². The Kier molecular flexibility index (Phi) is 62.1. The van der Waals surface area contributed by atoms with E-state index in [1.807, 2.05) is 0 Å². The first kappa shape index (κ1) is 46.4. The highest BCUT2D eigenvalue weighted by Crippen LogP contribution is 1.88. The third kappa shape index (κ3) is 85.8. The van der Waals surface area contributed by atoms with E-state index < -0.39 is 5.97 Å². The predicted molar refractivity (Wildman–Crippen MR) is 121 cm³/mol. The van der Waals surface area contributed by atoms with Crippen molar-refractivity contribution in [3.8, 4) is 0 Å². The van der Waals surface area contributed by atoms with Crippen LogP contribution in [0.5, 0.6) is 0 Å². The fourth-order valence-electron chi connectivity index (χ4n) is 0.829. The number of hydrogen-bond acceptors (Lipinski definition) is 9. The summed E-state index contributed by atoms with van der Waals surface area (Å²) in [6.07, 6.45) is 1.32. The van der Waals surface area contributed by atoms with Crippen molar-refractivity contribution in [2.45, 2.75) is 54.4 Å². The van der Waals surface area contributed by atoms with Gasteiger partial charge < -0.3 is 41.5 Å². The van der Waals surface area contributed by atoms with Crippen molar-refractivity contribution in [1.82, 2.24) is 10.6 Å². The van der Waals surface area contributed by atoms with Gasteiger partial charge in [0.15, 0.2) is 0 Å². The molecule has 0 heterocycles. The summed E-state index contributed by atoms with van der Waals surface area (Å²) >= 11 is 0. The van der Waals surface area contributed by atoms with Gasteiger partial charge in [-0.2, -0.15) is 0 Å². The standard InChI is InChI=1S/2C6H11NO2.C2H5NO2.C2H4O2.CH5N.2CH4/c2*1-5(8)3-4-6(9)7-2;3-1-2(4)5;1-4-2-3;1-2;;/h2*3-4H2,1-2H3,(H,7,9);1,3H2,(H,4,5);2H,1H3;2H2,1H3;2*1H4. The van der Waals surface area contributed by atoms with Gasteiger partial charge in [0.25, 0.3) is 6.47 Å². The van der Waals surface area contributed by atoms with Crippen molar-refractivity contribution in [1.29, 1.82) is 0 Å². The van der Waals surface area contributed by atoms with E-state index in [2.05, 4.69) is 26.8 Å². The fourth-order valence-corrected chi connectivity index (χ4v) is 0.829. The van der Waals surface area contributed by atoms with Gasteiger partial charge in [0.2, 0.25) is 11.8 Å². The van der Waals surface area contributed by atoms with Gasteiger partial charge in [-0.25, -0.2) is 0 Å². The molecular weight excluding hydrogens is 412 g/mol. The zero-order chi connectivity index (χ0) is 24.3. The molecule has 12 nitrogen and oxygen atoms in total. The van der Waals surface area contributed by atoms with Crippen LogP contribution in [0.1, 0.15) is 54.4 Å². The number of rotatable bonds is 8. The molecule has 0 aliphatic carbocycles. The summed E-state index contributed by atoms with van der Waals surface area (Å²) in [6, 6.07) is 0. The molecule has 0 aromatic heterocycles. The summed E-state index contributed by atoms with van der Waals surface area (Å²) in [5.74, 6) is -1.02. The summed E-state index contributed by atoms with van der Waals surface area (Å²) in [5.41, 5.74) is 9.07. The van der Waals surface area contributed by atoms with E-state index in [1.165, 1.54) is 28.0 Å². The number of methoxy groups -OCH3 is 1. The van der Waals surface area contributed by atoms with Crippen LogP contribution >= 0.6 is 0 Å². The molecule has 0 rings (SSSR count). The number of amides is 2. The lowest BCUT2D eigenvalue weighted by molar-refractivity contribution is -0.135. The number of ether oxygens (including phenoxy) is 1. The number of carboxylic acids is 1. The second kappa shape index (κ2) is 41.5. The van der Waals surface area contributed by atoms with E-state index in [1.54, 1.807) is 14.1 Å². The molecule has 0 aromatic rings. The number of carbonyl (C=O) groups excluding carboxylic acids is 5. The molecule has 188 valence electrons. The molecule has 0 radical (unpaired) electrons. The van der Waals surface area contributed by atoms with Crippen molar-refractivity contribution in [3.63, 3.8) is 0 Å². The zero-order valence-electron chi connectivity index (χ0n) is 18.1. The van der Waals surface area contributed by atoms with Crippen LogP contribution in [0.15, 0.2) is 0 Å². The van der Waals surface area contributed by atoms with Crippen LogP contribution in [0.3, 0.4) is 0 Å². The monoisotopic (exact) mass is 456 g/mol. The van der Waals surface area contributed by atoms with E-state index in [9.17, 15) is 24.0 Å². The van der Waals surface area contributed by atoms with E-state index in [-0.39, 0.29) is 44.8 Å². The van der Waals surface area contributed by atoms with Crippen molar-refractivity contribution in [2.75, 3.05) is 34.8 Å². The van der Waals surface area contributed by atoms with Gasteiger partial charge in [-0.05, 0) is 20.9 Å². The number of aliphatic carboxylic acids is 1. The van der Waals surface area contributed by atoms with Crippen LogP contribution in [0, 0.1) is 0 Å². The van der Waals surface area contributed by atoms with Crippen molar-refractivity contribution >= 4 is 35.8 Å². The predicted octanol–water partition coefficient (Wildman–Crippen LogP) is -0.131. The average molecular weight is 457 g/mol. The lowest BCUT2D eigenvalue weighted by Crippen LogP contribution is -2.17. The highest BCUT2D eigenvalue weighted by atomic mass is 16.5. The Morgan fingerprint density at radius 2 is 1.06 bits per heavy atom. The van der Waals surface area contributed by atoms with Crippen LogP contribution in [-0.2, 0) is 33.5 Å². The smallest absolute Gasteiger partial charge is 0.317 e. The van der Waals surface area contributed by atoms with Gasteiger partial charge in [-0.3, -0.25) is 19.2 Å². The van der Waals surface area contributed by atoms with Crippen molar-refractivity contribution < 1.29 is 38.6 Å². The number of Topliss-reactive ketones (excluding diaryl/α,β-unsaturated/α-hetero) is 2. The Morgan fingerprint density at radius 3 is 1.16 bits per heavy atom. The van der Waals surface area contributed by atoms with Crippen LogP contribution in [0.4, 0.5) is 0 Å². The van der Waals surface area contributed by atoms with Crippen molar-refractivity contribution in [3.05, 3.63) is 0 Å². The van der Waals surface area contributed by atoms with E-state index >= 15 is 0 Å². The van der Waals surface area contributed by atoms with E-state index in [0.29, 0.717) is 32.2 Å². The molecule has 12 heteroatoms. The molecule has 0 aliphatic heterocycles. The molecule has 0 saturated heterocycles. The molecule has 0 saturated carbocycles. The summed E-state index contributed by atoms with van der Waals surface area (Å²) < 4.78 is 3.86. The van der Waals surface area contributed by atoms with E-state index in [0.717, 1.165) is 0 Å². The first-order valence-electron chi connectivity index (χ1n) is 8.38. The van der Waals surface area contributed by atoms with Crippen LogP contribution < -0.4 is 22.1 Å². The minimum Gasteiger partial charge on any atom is -0.480 e. The van der Waals surface area contributed by atoms with Crippen LogP contribution in [0.2, 0.25) is 0 Å². The van der Waals surface area contributed by atoms with E-state index in [4.69, 9.17) is 9.90 Å². The second-order valence-electron chi connectivity index (χ2n) is 4.68. The average Bonchev–Trinajstić information content (AvgIpc) is 2.72.